The SMILES string of the molecule is C=C(C)CCCc1ccsc1.CC. The highest BCUT2D eigenvalue weighted by Crippen LogP contribution is 2.11. The number of hydrogen-bond acceptors (Lipinski definition) is 1. The van der Waals surface area contributed by atoms with Gasteiger partial charge in [0.15, 0.2) is 0 Å². The van der Waals surface area contributed by atoms with Gasteiger partial charge < -0.3 is 0 Å². The summed E-state index contributed by atoms with van der Waals surface area (Å²) >= 11 is 1.78. The maximum atomic E-state index is 3.88. The lowest BCUT2D eigenvalue weighted by Crippen LogP contribution is -1.82. The molecule has 1 heteroatoms. The Morgan fingerprint density at radius 1 is 1.46 bits per heavy atom. The van der Waals surface area contributed by atoms with Crippen molar-refractivity contribution in [1.82, 2.24) is 0 Å². The third-order valence-electron chi connectivity index (χ3n) is 1.65. The Hall–Kier alpha value is -0.560. The summed E-state index contributed by atoms with van der Waals surface area (Å²) < 4.78 is 0. The summed E-state index contributed by atoms with van der Waals surface area (Å²) in [5, 5.41) is 4.36. The fraction of sp³-hybridized carbons (Fsp3) is 0.500. The molecule has 74 valence electrons. The predicted molar refractivity (Wildman–Crippen MR) is 63.4 cm³/mol. The Bertz CT molecular complexity index is 209. The van der Waals surface area contributed by atoms with Gasteiger partial charge in [-0.25, -0.2) is 0 Å². The minimum absolute atomic E-state index is 1.16. The molecule has 0 N–H and O–H groups in total. The van der Waals surface area contributed by atoms with Gasteiger partial charge in [0.1, 0.15) is 0 Å². The second-order valence-corrected chi connectivity index (χ2v) is 3.72. The van der Waals surface area contributed by atoms with Gasteiger partial charge >= 0.3 is 0 Å². The summed E-state index contributed by atoms with van der Waals surface area (Å²) in [5.74, 6) is 0. The van der Waals surface area contributed by atoms with E-state index in [-0.39, 0.29) is 0 Å². The minimum atomic E-state index is 1.16. The largest absolute Gasteiger partial charge is 0.152 e. The van der Waals surface area contributed by atoms with Gasteiger partial charge in [0.2, 0.25) is 0 Å². The number of thiophene rings is 1. The zero-order valence-electron chi connectivity index (χ0n) is 8.97. The molecule has 0 nitrogen and oxygen atoms in total. The van der Waals surface area contributed by atoms with Crippen molar-refractivity contribution in [1.29, 1.82) is 0 Å². The van der Waals surface area contributed by atoms with Crippen LogP contribution in [0.3, 0.4) is 0 Å². The molecule has 13 heavy (non-hydrogen) atoms. The second kappa shape index (κ2) is 8.06. The molecule has 0 aliphatic heterocycles. The normalized spacial score (nSPS) is 8.85. The molecule has 1 heterocycles. The highest BCUT2D eigenvalue weighted by Gasteiger charge is 1.92. The van der Waals surface area contributed by atoms with Crippen molar-refractivity contribution >= 4 is 11.3 Å². The van der Waals surface area contributed by atoms with Crippen LogP contribution in [0.5, 0.6) is 0 Å². The molecule has 0 bridgehead atoms. The first-order chi connectivity index (χ1) is 6.29. The van der Waals surface area contributed by atoms with Crippen molar-refractivity contribution in [3.63, 3.8) is 0 Å². The van der Waals surface area contributed by atoms with Gasteiger partial charge in [0, 0.05) is 0 Å². The quantitative estimate of drug-likeness (QED) is 0.614. The van der Waals surface area contributed by atoms with Crippen molar-refractivity contribution in [2.45, 2.75) is 40.0 Å². The molecule has 1 rings (SSSR count). The summed E-state index contributed by atoms with van der Waals surface area (Å²) in [6.45, 7) is 9.97. The Morgan fingerprint density at radius 3 is 2.62 bits per heavy atom. The first-order valence-corrected chi connectivity index (χ1v) is 5.89. The average molecular weight is 196 g/mol. The Kier molecular flexibility index (Phi) is 7.71. The van der Waals surface area contributed by atoms with E-state index >= 15 is 0 Å². The van der Waals surface area contributed by atoms with Crippen LogP contribution in [0.1, 0.15) is 39.2 Å². The number of hydrogen-bond donors (Lipinski definition) is 0. The van der Waals surface area contributed by atoms with Crippen LogP contribution in [0.4, 0.5) is 0 Å². The Balaban J connectivity index is 0.000000671. The van der Waals surface area contributed by atoms with Crippen molar-refractivity contribution in [2.75, 3.05) is 0 Å². The van der Waals surface area contributed by atoms with Gasteiger partial charge in [0.05, 0.1) is 0 Å². The molecule has 0 spiro atoms. The van der Waals surface area contributed by atoms with Crippen molar-refractivity contribution in [2.24, 2.45) is 0 Å². The summed E-state index contributed by atoms with van der Waals surface area (Å²) in [5.41, 5.74) is 2.76. The highest BCUT2D eigenvalue weighted by molar-refractivity contribution is 7.07. The molecule has 0 aromatic carbocycles. The minimum Gasteiger partial charge on any atom is -0.152 e. The van der Waals surface area contributed by atoms with Gasteiger partial charge in [0.25, 0.3) is 0 Å². The topological polar surface area (TPSA) is 0 Å². The van der Waals surface area contributed by atoms with Crippen LogP contribution in [0.15, 0.2) is 29.0 Å². The Labute approximate surface area is 86.3 Å². The fourth-order valence-electron chi connectivity index (χ4n) is 1.03. The van der Waals surface area contributed by atoms with E-state index in [2.05, 4.69) is 30.3 Å². The third-order valence-corrected chi connectivity index (χ3v) is 2.38. The zero-order chi connectivity index (χ0) is 10.1. The lowest BCUT2D eigenvalue weighted by Gasteiger charge is -1.96. The van der Waals surface area contributed by atoms with Gasteiger partial charge in [-0.15, -0.1) is 6.58 Å². The fourth-order valence-corrected chi connectivity index (χ4v) is 1.73. The van der Waals surface area contributed by atoms with E-state index in [1.807, 2.05) is 13.8 Å². The van der Waals surface area contributed by atoms with Crippen LogP contribution >= 0.6 is 11.3 Å². The smallest absolute Gasteiger partial charge is 0.00613 e. The lowest BCUT2D eigenvalue weighted by atomic mass is 10.1. The zero-order valence-corrected chi connectivity index (χ0v) is 9.79. The summed E-state index contributed by atoms with van der Waals surface area (Å²) in [6, 6.07) is 2.20. The molecule has 0 saturated heterocycles. The van der Waals surface area contributed by atoms with Crippen LogP contribution in [0, 0.1) is 0 Å². The molecule has 0 unspecified atom stereocenters. The summed E-state index contributed by atoms with van der Waals surface area (Å²) in [6.07, 6.45) is 3.61. The van der Waals surface area contributed by atoms with Crippen molar-refractivity contribution < 1.29 is 0 Å². The van der Waals surface area contributed by atoms with Gasteiger partial charge in [-0.2, -0.15) is 11.3 Å². The molecule has 1 aromatic heterocycles. The molecule has 0 aliphatic carbocycles. The molecule has 0 saturated carbocycles. The monoisotopic (exact) mass is 196 g/mol. The summed E-state index contributed by atoms with van der Waals surface area (Å²) in [7, 11) is 0. The molecule has 0 amide bonds. The van der Waals surface area contributed by atoms with E-state index < -0.39 is 0 Å². The molecular formula is C12H20S. The molecule has 0 radical (unpaired) electrons. The molecule has 0 aliphatic rings. The highest BCUT2D eigenvalue weighted by atomic mass is 32.1. The molecular weight excluding hydrogens is 176 g/mol. The molecule has 0 atom stereocenters. The first kappa shape index (κ1) is 12.4. The van der Waals surface area contributed by atoms with E-state index in [0.717, 1.165) is 6.42 Å². The maximum absolute atomic E-state index is 3.88. The molecule has 1 aromatic rings. The van der Waals surface area contributed by atoms with Crippen LogP contribution in [-0.2, 0) is 6.42 Å². The van der Waals surface area contributed by atoms with Crippen molar-refractivity contribution in [3.8, 4) is 0 Å². The van der Waals surface area contributed by atoms with Crippen molar-refractivity contribution in [3.05, 3.63) is 34.5 Å². The van der Waals surface area contributed by atoms with Gasteiger partial charge in [-0.1, -0.05) is 19.4 Å². The van der Waals surface area contributed by atoms with E-state index in [1.54, 1.807) is 11.3 Å². The summed E-state index contributed by atoms with van der Waals surface area (Å²) in [4.78, 5) is 0. The van der Waals surface area contributed by atoms with Crippen LogP contribution in [0.2, 0.25) is 0 Å². The first-order valence-electron chi connectivity index (χ1n) is 4.94. The number of rotatable bonds is 4. The molecule has 0 fully saturated rings. The van der Waals surface area contributed by atoms with Crippen LogP contribution in [-0.4, -0.2) is 0 Å². The predicted octanol–water partition coefficient (Wildman–Crippen LogP) is 4.67. The van der Waals surface area contributed by atoms with E-state index in [1.165, 1.54) is 24.0 Å². The van der Waals surface area contributed by atoms with Gasteiger partial charge in [-0.05, 0) is 48.6 Å². The van der Waals surface area contributed by atoms with E-state index in [9.17, 15) is 0 Å². The third kappa shape index (κ3) is 6.59. The number of allylic oxidation sites excluding steroid dienone is 1. The van der Waals surface area contributed by atoms with Crippen LogP contribution < -0.4 is 0 Å². The second-order valence-electron chi connectivity index (χ2n) is 2.94. The average Bonchev–Trinajstić information content (AvgIpc) is 2.60. The van der Waals surface area contributed by atoms with E-state index in [0.29, 0.717) is 0 Å². The maximum Gasteiger partial charge on any atom is -0.00613 e. The standard InChI is InChI=1S/C10H14S.C2H6/c1-9(2)4-3-5-10-6-7-11-8-10;1-2/h6-8H,1,3-5H2,2H3;1-2H3. The van der Waals surface area contributed by atoms with Crippen LogP contribution in [0.25, 0.3) is 0 Å². The van der Waals surface area contributed by atoms with Gasteiger partial charge in [-0.3, -0.25) is 0 Å². The lowest BCUT2D eigenvalue weighted by molar-refractivity contribution is 0.816. The van der Waals surface area contributed by atoms with E-state index in [4.69, 9.17) is 0 Å². The number of aryl methyl sites for hydroxylation is 1. The Morgan fingerprint density at radius 2 is 2.15 bits per heavy atom.